The van der Waals surface area contributed by atoms with E-state index in [0.717, 1.165) is 17.8 Å². The van der Waals surface area contributed by atoms with E-state index in [1.54, 1.807) is 0 Å². The van der Waals surface area contributed by atoms with Crippen molar-refractivity contribution in [2.24, 2.45) is 29.1 Å². The summed E-state index contributed by atoms with van der Waals surface area (Å²) in [5.74, 6) is 3.13. The van der Waals surface area contributed by atoms with Crippen LogP contribution in [0.4, 0.5) is 0 Å². The first kappa shape index (κ1) is 11.4. The van der Waals surface area contributed by atoms with Gasteiger partial charge in [-0.15, -0.1) is 0 Å². The van der Waals surface area contributed by atoms with Gasteiger partial charge in [-0.3, -0.25) is 0 Å². The highest BCUT2D eigenvalue weighted by atomic mass is 16.3. The van der Waals surface area contributed by atoms with E-state index < -0.39 is 0 Å². The third-order valence-corrected chi connectivity index (χ3v) is 5.52. The van der Waals surface area contributed by atoms with Crippen molar-refractivity contribution in [1.82, 2.24) is 0 Å². The second-order valence-corrected chi connectivity index (χ2v) is 6.33. The zero-order valence-electron chi connectivity index (χ0n) is 10.5. The van der Waals surface area contributed by atoms with Crippen LogP contribution in [0.3, 0.4) is 0 Å². The predicted octanol–water partition coefficient (Wildman–Crippen LogP) is 3.47. The first-order chi connectivity index (χ1) is 7.09. The molecule has 0 saturated heterocycles. The lowest BCUT2D eigenvalue weighted by Gasteiger charge is -2.45. The Morgan fingerprint density at radius 3 is 2.73 bits per heavy atom. The molecule has 1 N–H and O–H groups in total. The quantitative estimate of drug-likeness (QED) is 0.740. The molecule has 88 valence electrons. The number of aliphatic hydroxyl groups is 1. The van der Waals surface area contributed by atoms with E-state index in [1.807, 2.05) is 0 Å². The van der Waals surface area contributed by atoms with Gasteiger partial charge in [-0.05, 0) is 48.3 Å². The molecule has 0 aromatic heterocycles. The largest absolute Gasteiger partial charge is 0.396 e. The molecule has 0 bridgehead atoms. The van der Waals surface area contributed by atoms with Crippen molar-refractivity contribution >= 4 is 0 Å². The van der Waals surface area contributed by atoms with Gasteiger partial charge in [0.15, 0.2) is 0 Å². The van der Waals surface area contributed by atoms with Crippen LogP contribution in [0.1, 0.15) is 52.9 Å². The zero-order valence-corrected chi connectivity index (χ0v) is 10.5. The van der Waals surface area contributed by atoms with Crippen molar-refractivity contribution in [3.05, 3.63) is 0 Å². The minimum Gasteiger partial charge on any atom is -0.396 e. The summed E-state index contributed by atoms with van der Waals surface area (Å²) in [4.78, 5) is 0. The van der Waals surface area contributed by atoms with Crippen molar-refractivity contribution in [3.8, 4) is 0 Å². The first-order valence-corrected chi connectivity index (χ1v) is 6.70. The van der Waals surface area contributed by atoms with Gasteiger partial charge in [0.1, 0.15) is 0 Å². The molecule has 5 atom stereocenters. The lowest BCUT2D eigenvalue weighted by molar-refractivity contribution is 0.0229. The summed E-state index contributed by atoms with van der Waals surface area (Å²) < 4.78 is 0. The molecule has 2 aliphatic rings. The highest BCUT2D eigenvalue weighted by molar-refractivity contribution is 5.00. The molecule has 0 unspecified atom stereocenters. The van der Waals surface area contributed by atoms with Crippen molar-refractivity contribution in [1.29, 1.82) is 0 Å². The predicted molar refractivity (Wildman–Crippen MR) is 63.6 cm³/mol. The van der Waals surface area contributed by atoms with Crippen LogP contribution in [0.2, 0.25) is 0 Å². The van der Waals surface area contributed by atoms with Gasteiger partial charge in [-0.2, -0.15) is 0 Å². The minimum atomic E-state index is 0.376. The number of hydrogen-bond acceptors (Lipinski definition) is 1. The highest BCUT2D eigenvalue weighted by Crippen LogP contribution is 2.59. The fourth-order valence-corrected chi connectivity index (χ4v) is 4.67. The Morgan fingerprint density at radius 1 is 1.33 bits per heavy atom. The van der Waals surface area contributed by atoms with Crippen molar-refractivity contribution in [2.45, 2.75) is 52.9 Å². The van der Waals surface area contributed by atoms with E-state index in [-0.39, 0.29) is 0 Å². The third kappa shape index (κ3) is 1.73. The fourth-order valence-electron chi connectivity index (χ4n) is 4.67. The van der Waals surface area contributed by atoms with Gasteiger partial charge in [0, 0.05) is 6.61 Å². The number of aliphatic hydroxyl groups excluding tert-OH is 1. The van der Waals surface area contributed by atoms with E-state index in [9.17, 15) is 5.11 Å². The molecule has 2 rings (SSSR count). The molecule has 1 heteroatoms. The van der Waals surface area contributed by atoms with E-state index in [1.165, 1.54) is 32.1 Å². The minimum absolute atomic E-state index is 0.376. The Labute approximate surface area is 94.3 Å². The second kappa shape index (κ2) is 4.08. The van der Waals surface area contributed by atoms with E-state index in [4.69, 9.17) is 0 Å². The van der Waals surface area contributed by atoms with Gasteiger partial charge in [0.2, 0.25) is 0 Å². The van der Waals surface area contributed by atoms with Gasteiger partial charge in [0.05, 0.1) is 0 Å². The number of rotatable bonds is 2. The van der Waals surface area contributed by atoms with Crippen LogP contribution in [0.25, 0.3) is 0 Å². The average Bonchev–Trinajstić information content (AvgIpc) is 2.56. The lowest BCUT2D eigenvalue weighted by atomic mass is 9.60. The monoisotopic (exact) mass is 210 g/mol. The van der Waals surface area contributed by atoms with Crippen LogP contribution in [0.5, 0.6) is 0 Å². The molecular formula is C14H26O. The molecular weight excluding hydrogens is 184 g/mol. The standard InChI is InChI=1S/C14H26O/c1-10-5-4-8-14(3)12(10)6-7-13(14)11(2)9-15/h10-13,15H,4-9H2,1-3H3/t10-,11+,12-,13+,14-/m0/s1. The summed E-state index contributed by atoms with van der Waals surface area (Å²) in [5.41, 5.74) is 0.541. The molecule has 0 amide bonds. The van der Waals surface area contributed by atoms with E-state index in [2.05, 4.69) is 20.8 Å². The van der Waals surface area contributed by atoms with Gasteiger partial charge < -0.3 is 5.11 Å². The molecule has 0 aromatic rings. The maximum Gasteiger partial charge on any atom is 0.0459 e. The lowest BCUT2D eigenvalue weighted by Crippen LogP contribution is -2.38. The van der Waals surface area contributed by atoms with Crippen molar-refractivity contribution < 1.29 is 5.11 Å². The van der Waals surface area contributed by atoms with Crippen molar-refractivity contribution in [2.75, 3.05) is 6.61 Å². The maximum absolute atomic E-state index is 9.37. The average molecular weight is 210 g/mol. The van der Waals surface area contributed by atoms with Crippen LogP contribution >= 0.6 is 0 Å². The van der Waals surface area contributed by atoms with Gasteiger partial charge in [-0.25, -0.2) is 0 Å². The molecule has 0 heterocycles. The Balaban J connectivity index is 2.17. The van der Waals surface area contributed by atoms with Gasteiger partial charge in [-0.1, -0.05) is 33.6 Å². The summed E-state index contributed by atoms with van der Waals surface area (Å²) in [5, 5.41) is 9.37. The first-order valence-electron chi connectivity index (χ1n) is 6.70. The summed E-state index contributed by atoms with van der Waals surface area (Å²) in [7, 11) is 0. The summed E-state index contributed by atoms with van der Waals surface area (Å²) in [6.45, 7) is 7.55. The summed E-state index contributed by atoms with van der Waals surface area (Å²) in [6, 6.07) is 0. The molecule has 0 spiro atoms. The Morgan fingerprint density at radius 2 is 2.07 bits per heavy atom. The smallest absolute Gasteiger partial charge is 0.0459 e. The zero-order chi connectivity index (χ0) is 11.1. The van der Waals surface area contributed by atoms with E-state index >= 15 is 0 Å². The molecule has 15 heavy (non-hydrogen) atoms. The van der Waals surface area contributed by atoms with Crippen LogP contribution in [0, 0.1) is 29.1 Å². The maximum atomic E-state index is 9.37. The molecule has 0 aliphatic heterocycles. The molecule has 2 saturated carbocycles. The normalized spacial score (nSPS) is 47.6. The van der Waals surface area contributed by atoms with Gasteiger partial charge >= 0.3 is 0 Å². The Bertz CT molecular complexity index is 225. The second-order valence-electron chi connectivity index (χ2n) is 6.33. The van der Waals surface area contributed by atoms with Crippen LogP contribution < -0.4 is 0 Å². The number of hydrogen-bond donors (Lipinski definition) is 1. The van der Waals surface area contributed by atoms with Crippen molar-refractivity contribution in [3.63, 3.8) is 0 Å². The highest BCUT2D eigenvalue weighted by Gasteiger charge is 2.51. The third-order valence-electron chi connectivity index (χ3n) is 5.52. The summed E-state index contributed by atoms with van der Waals surface area (Å²) in [6.07, 6.45) is 7.00. The fraction of sp³-hybridized carbons (Fsp3) is 1.00. The Kier molecular flexibility index (Phi) is 3.12. The van der Waals surface area contributed by atoms with E-state index in [0.29, 0.717) is 17.9 Å². The SMILES string of the molecule is C[C@H](CO)[C@H]1CC[C@H]2[C@@H](C)CCC[C@]12C. The van der Waals surface area contributed by atoms with Crippen LogP contribution in [-0.2, 0) is 0 Å². The van der Waals surface area contributed by atoms with Gasteiger partial charge in [0.25, 0.3) is 0 Å². The van der Waals surface area contributed by atoms with Crippen LogP contribution in [0.15, 0.2) is 0 Å². The van der Waals surface area contributed by atoms with Crippen LogP contribution in [-0.4, -0.2) is 11.7 Å². The molecule has 0 aromatic carbocycles. The Hall–Kier alpha value is -0.0400. The molecule has 0 radical (unpaired) electrons. The molecule has 2 aliphatic carbocycles. The molecule has 2 fully saturated rings. The summed E-state index contributed by atoms with van der Waals surface area (Å²) >= 11 is 0. The molecule has 1 nitrogen and oxygen atoms in total. The topological polar surface area (TPSA) is 20.2 Å². The number of fused-ring (bicyclic) bond motifs is 1.